The lowest BCUT2D eigenvalue weighted by Crippen LogP contribution is -2.24. The Hall–Kier alpha value is -3.34. The number of carbonyl (C=O) groups is 3. The number of carbonyl (C=O) groups excluding carboxylic acids is 3. The molecule has 1 saturated heterocycles. The van der Waals surface area contributed by atoms with Crippen LogP contribution in [0.4, 0.5) is 22.4 Å². The number of nitrogens with one attached hydrogen (secondary N) is 2. The number of thioether (sulfide) groups is 1. The maximum atomic E-state index is 14.0. The van der Waals surface area contributed by atoms with Crippen LogP contribution in [-0.2, 0) is 17.5 Å². The molecule has 0 atom stereocenters. The molecule has 3 amide bonds. The van der Waals surface area contributed by atoms with E-state index in [1.54, 1.807) is 18.2 Å². The summed E-state index contributed by atoms with van der Waals surface area (Å²) in [6.45, 7) is -0.127. The largest absolute Gasteiger partial charge is 0.496 e. The third-order valence-corrected chi connectivity index (χ3v) is 5.04. The summed E-state index contributed by atoms with van der Waals surface area (Å²) >= 11 is 0.743. The molecule has 1 fully saturated rings. The molecule has 1 heterocycles. The van der Waals surface area contributed by atoms with E-state index in [9.17, 15) is 31.9 Å². The molecular weight excluding hydrogens is 440 g/mol. The van der Waals surface area contributed by atoms with Crippen LogP contribution in [-0.4, -0.2) is 24.2 Å². The highest BCUT2D eigenvalue weighted by Crippen LogP contribution is 2.30. The zero-order valence-corrected chi connectivity index (χ0v) is 16.6. The number of methoxy groups -OCH3 is 1. The highest BCUT2D eigenvalue weighted by molar-refractivity contribution is 8.18. The molecule has 6 nitrogen and oxygen atoms in total. The van der Waals surface area contributed by atoms with Crippen LogP contribution in [0.2, 0.25) is 0 Å². The average molecular weight is 454 g/mol. The minimum absolute atomic E-state index is 0.127. The van der Waals surface area contributed by atoms with Crippen molar-refractivity contribution in [3.8, 4) is 5.75 Å². The first-order chi connectivity index (χ1) is 14.6. The third kappa shape index (κ3) is 5.23. The number of imide groups is 1. The summed E-state index contributed by atoms with van der Waals surface area (Å²) in [5.41, 5.74) is -0.732. The van der Waals surface area contributed by atoms with Crippen LogP contribution in [0.1, 0.15) is 27.0 Å². The molecular formula is C20H14F4N2O4S. The van der Waals surface area contributed by atoms with E-state index in [-0.39, 0.29) is 17.5 Å². The summed E-state index contributed by atoms with van der Waals surface area (Å²) in [5, 5.41) is 4.07. The normalized spacial score (nSPS) is 15.2. The second-order valence-corrected chi connectivity index (χ2v) is 7.31. The molecule has 1 aliphatic heterocycles. The average Bonchev–Trinajstić information content (AvgIpc) is 3.02. The van der Waals surface area contributed by atoms with Crippen LogP contribution in [0.15, 0.2) is 41.3 Å². The van der Waals surface area contributed by atoms with Gasteiger partial charge in [-0.05, 0) is 53.7 Å². The number of halogens is 4. The maximum absolute atomic E-state index is 14.0. The molecule has 1 aliphatic rings. The Labute approximate surface area is 177 Å². The summed E-state index contributed by atoms with van der Waals surface area (Å²) in [5.74, 6) is -2.35. The molecule has 0 bridgehead atoms. The van der Waals surface area contributed by atoms with Crippen molar-refractivity contribution in [2.24, 2.45) is 0 Å². The van der Waals surface area contributed by atoms with E-state index in [1.165, 1.54) is 13.2 Å². The standard InChI is InChI=1S/C20H14F4N2O4S/c1-30-15-5-2-10(7-16-18(28)26-19(29)31-16)6-11(15)9-25-17(27)13-4-3-12(8-14(13)21)20(22,23)24/h2-8H,9H2,1H3,(H,25,27)(H,26,28,29). The van der Waals surface area contributed by atoms with Crippen molar-refractivity contribution in [2.75, 3.05) is 7.11 Å². The molecule has 0 unspecified atom stereocenters. The second kappa shape index (κ2) is 8.80. The second-order valence-electron chi connectivity index (χ2n) is 6.30. The molecule has 11 heteroatoms. The van der Waals surface area contributed by atoms with Crippen LogP contribution < -0.4 is 15.4 Å². The number of benzene rings is 2. The van der Waals surface area contributed by atoms with Gasteiger partial charge in [0.25, 0.3) is 17.1 Å². The van der Waals surface area contributed by atoms with E-state index < -0.39 is 40.2 Å². The first-order valence-corrected chi connectivity index (χ1v) is 9.47. The van der Waals surface area contributed by atoms with Crippen LogP contribution in [0.3, 0.4) is 0 Å². The fourth-order valence-electron chi connectivity index (χ4n) is 2.75. The summed E-state index contributed by atoms with van der Waals surface area (Å²) < 4.78 is 57.2. The first kappa shape index (κ1) is 22.3. The quantitative estimate of drug-likeness (QED) is 0.525. The summed E-state index contributed by atoms with van der Waals surface area (Å²) in [6.07, 6.45) is -3.25. The van der Waals surface area contributed by atoms with Gasteiger partial charge in [-0.15, -0.1) is 0 Å². The lowest BCUT2D eigenvalue weighted by atomic mass is 10.1. The summed E-state index contributed by atoms with van der Waals surface area (Å²) in [7, 11) is 1.40. The van der Waals surface area contributed by atoms with Gasteiger partial charge in [-0.1, -0.05) is 6.07 Å². The molecule has 162 valence electrons. The first-order valence-electron chi connectivity index (χ1n) is 8.65. The van der Waals surface area contributed by atoms with Gasteiger partial charge in [0.2, 0.25) is 0 Å². The SMILES string of the molecule is COc1ccc(C=C2SC(=O)NC2=O)cc1CNC(=O)c1ccc(C(F)(F)F)cc1F. The fourth-order valence-corrected chi connectivity index (χ4v) is 3.43. The number of amides is 3. The van der Waals surface area contributed by atoms with Gasteiger partial charge in [-0.25, -0.2) is 4.39 Å². The number of alkyl halides is 3. The lowest BCUT2D eigenvalue weighted by molar-refractivity contribution is -0.137. The Kier molecular flexibility index (Phi) is 6.34. The van der Waals surface area contributed by atoms with Gasteiger partial charge >= 0.3 is 6.18 Å². The Balaban J connectivity index is 1.78. The maximum Gasteiger partial charge on any atom is 0.416 e. The number of hydrogen-bond acceptors (Lipinski definition) is 5. The zero-order chi connectivity index (χ0) is 22.8. The van der Waals surface area contributed by atoms with Gasteiger partial charge in [0.05, 0.1) is 23.1 Å². The highest BCUT2D eigenvalue weighted by Gasteiger charge is 2.31. The van der Waals surface area contributed by atoms with Crippen molar-refractivity contribution in [3.05, 3.63) is 69.4 Å². The molecule has 3 rings (SSSR count). The molecule has 0 aromatic heterocycles. The lowest BCUT2D eigenvalue weighted by Gasteiger charge is -2.12. The molecule has 0 spiro atoms. The molecule has 2 aromatic carbocycles. The number of ether oxygens (including phenoxy) is 1. The predicted molar refractivity (Wildman–Crippen MR) is 105 cm³/mol. The van der Waals surface area contributed by atoms with E-state index in [0.29, 0.717) is 22.9 Å². The van der Waals surface area contributed by atoms with Gasteiger partial charge in [0.15, 0.2) is 0 Å². The van der Waals surface area contributed by atoms with E-state index >= 15 is 0 Å². The van der Waals surface area contributed by atoms with Crippen molar-refractivity contribution in [3.63, 3.8) is 0 Å². The van der Waals surface area contributed by atoms with Gasteiger partial charge in [-0.3, -0.25) is 19.7 Å². The Bertz CT molecular complexity index is 1100. The zero-order valence-electron chi connectivity index (χ0n) is 15.8. The van der Waals surface area contributed by atoms with Gasteiger partial charge in [-0.2, -0.15) is 13.2 Å². The molecule has 0 saturated carbocycles. The van der Waals surface area contributed by atoms with Gasteiger partial charge < -0.3 is 10.1 Å². The molecule has 2 aromatic rings. The third-order valence-electron chi connectivity index (χ3n) is 4.22. The smallest absolute Gasteiger partial charge is 0.416 e. The Morgan fingerprint density at radius 2 is 1.94 bits per heavy atom. The van der Waals surface area contributed by atoms with Crippen molar-refractivity contribution in [1.82, 2.24) is 10.6 Å². The Morgan fingerprint density at radius 1 is 1.19 bits per heavy atom. The molecule has 0 aliphatic carbocycles. The van der Waals surface area contributed by atoms with Crippen molar-refractivity contribution in [2.45, 2.75) is 12.7 Å². The van der Waals surface area contributed by atoms with Crippen LogP contribution in [0.5, 0.6) is 5.75 Å². The van der Waals surface area contributed by atoms with Crippen LogP contribution in [0, 0.1) is 5.82 Å². The highest BCUT2D eigenvalue weighted by atomic mass is 32.2. The topological polar surface area (TPSA) is 84.5 Å². The van der Waals surface area contributed by atoms with E-state index in [0.717, 1.165) is 17.8 Å². The van der Waals surface area contributed by atoms with Crippen LogP contribution in [0.25, 0.3) is 6.08 Å². The monoisotopic (exact) mass is 454 g/mol. The molecule has 0 radical (unpaired) electrons. The number of hydrogen-bond donors (Lipinski definition) is 2. The summed E-state index contributed by atoms with van der Waals surface area (Å²) in [4.78, 5) is 35.4. The van der Waals surface area contributed by atoms with Crippen molar-refractivity contribution in [1.29, 1.82) is 0 Å². The number of rotatable bonds is 5. The van der Waals surface area contributed by atoms with Crippen molar-refractivity contribution < 1.29 is 36.7 Å². The molecule has 2 N–H and O–H groups in total. The van der Waals surface area contributed by atoms with E-state index in [2.05, 4.69) is 10.6 Å². The summed E-state index contributed by atoms with van der Waals surface area (Å²) in [6, 6.07) is 6.44. The minimum atomic E-state index is -4.72. The minimum Gasteiger partial charge on any atom is -0.496 e. The van der Waals surface area contributed by atoms with Gasteiger partial charge in [0.1, 0.15) is 11.6 Å². The molecule has 31 heavy (non-hydrogen) atoms. The predicted octanol–water partition coefficient (Wildman–Crippen LogP) is 4.11. The van der Waals surface area contributed by atoms with Crippen molar-refractivity contribution >= 4 is 34.9 Å². The van der Waals surface area contributed by atoms with E-state index in [1.807, 2.05) is 0 Å². The van der Waals surface area contributed by atoms with E-state index in [4.69, 9.17) is 4.74 Å². The fraction of sp³-hybridized carbons (Fsp3) is 0.150. The van der Waals surface area contributed by atoms with Gasteiger partial charge in [0, 0.05) is 12.1 Å². The Morgan fingerprint density at radius 3 is 2.52 bits per heavy atom. The van der Waals surface area contributed by atoms with Crippen LogP contribution >= 0.6 is 11.8 Å².